The van der Waals surface area contributed by atoms with Gasteiger partial charge in [0.15, 0.2) is 5.75 Å². The van der Waals surface area contributed by atoms with Crippen molar-refractivity contribution < 1.29 is 14.5 Å². The van der Waals surface area contributed by atoms with E-state index in [1.807, 2.05) is 47.0 Å². The van der Waals surface area contributed by atoms with Crippen LogP contribution in [0.2, 0.25) is 0 Å². The van der Waals surface area contributed by atoms with E-state index in [0.717, 1.165) is 11.0 Å². The SMILES string of the molecule is CCOc1ccc(C2C(C(=O)Nc3ccccc3)=C(C)Nc3nc4ccccc4n32)cc1[N+](=O)[O-]. The standard InChI is InChI=1S/C26H23N5O4/c1-3-35-22-14-13-17(15-21(22)31(33)34)24-23(25(32)28-18-9-5-4-6-10-18)16(2)27-26-29-19-11-7-8-12-20(19)30(24)26/h4-15,24H,3H2,1-2H3,(H,27,29)(H,28,32). The lowest BCUT2D eigenvalue weighted by molar-refractivity contribution is -0.385. The summed E-state index contributed by atoms with van der Waals surface area (Å²) in [5.41, 5.74) is 3.66. The van der Waals surface area contributed by atoms with Crippen molar-refractivity contribution in [1.29, 1.82) is 0 Å². The van der Waals surface area contributed by atoms with E-state index in [1.165, 1.54) is 6.07 Å². The molecule has 5 rings (SSSR count). The van der Waals surface area contributed by atoms with E-state index in [-0.39, 0.29) is 17.3 Å². The van der Waals surface area contributed by atoms with Gasteiger partial charge in [-0.25, -0.2) is 4.98 Å². The average Bonchev–Trinajstić information content (AvgIpc) is 3.22. The van der Waals surface area contributed by atoms with Crippen LogP contribution in [0.15, 0.2) is 84.1 Å². The summed E-state index contributed by atoms with van der Waals surface area (Å²) in [6.07, 6.45) is 0. The summed E-state index contributed by atoms with van der Waals surface area (Å²) < 4.78 is 7.38. The number of carbonyl (C=O) groups is 1. The smallest absolute Gasteiger partial charge is 0.311 e. The van der Waals surface area contributed by atoms with Crippen LogP contribution in [-0.4, -0.2) is 27.0 Å². The number of nitro groups is 1. The monoisotopic (exact) mass is 469 g/mol. The maximum absolute atomic E-state index is 13.6. The largest absolute Gasteiger partial charge is 0.487 e. The summed E-state index contributed by atoms with van der Waals surface area (Å²) in [5, 5.41) is 18.1. The molecule has 1 amide bonds. The lowest BCUT2D eigenvalue weighted by atomic mass is 9.93. The highest BCUT2D eigenvalue weighted by atomic mass is 16.6. The predicted molar refractivity (Wildman–Crippen MR) is 134 cm³/mol. The molecule has 0 fully saturated rings. The maximum Gasteiger partial charge on any atom is 0.311 e. The van der Waals surface area contributed by atoms with Crippen molar-refractivity contribution in [1.82, 2.24) is 9.55 Å². The maximum atomic E-state index is 13.6. The van der Waals surface area contributed by atoms with Gasteiger partial charge < -0.3 is 15.4 Å². The van der Waals surface area contributed by atoms with E-state index in [4.69, 9.17) is 4.74 Å². The number of nitro benzene ring substituents is 1. The molecule has 2 heterocycles. The summed E-state index contributed by atoms with van der Waals surface area (Å²) in [6.45, 7) is 3.87. The third-order valence-electron chi connectivity index (χ3n) is 5.90. The number of nitrogens with one attached hydrogen (secondary N) is 2. The number of ether oxygens (including phenoxy) is 1. The molecule has 0 radical (unpaired) electrons. The first-order valence-electron chi connectivity index (χ1n) is 11.2. The number of imidazole rings is 1. The number of hydrogen-bond donors (Lipinski definition) is 2. The Hall–Kier alpha value is -4.66. The zero-order valence-corrected chi connectivity index (χ0v) is 19.2. The van der Waals surface area contributed by atoms with Crippen molar-refractivity contribution in [3.05, 3.63) is 99.7 Å². The number of amides is 1. The zero-order valence-electron chi connectivity index (χ0n) is 19.2. The normalized spacial score (nSPS) is 14.9. The van der Waals surface area contributed by atoms with Crippen LogP contribution in [0.3, 0.4) is 0 Å². The van der Waals surface area contributed by atoms with Crippen molar-refractivity contribution in [3.63, 3.8) is 0 Å². The molecule has 0 spiro atoms. The Morgan fingerprint density at radius 3 is 2.63 bits per heavy atom. The Morgan fingerprint density at radius 2 is 1.89 bits per heavy atom. The van der Waals surface area contributed by atoms with Gasteiger partial charge in [-0.3, -0.25) is 19.5 Å². The number of anilines is 2. The minimum absolute atomic E-state index is 0.158. The molecule has 0 saturated carbocycles. The second-order valence-corrected chi connectivity index (χ2v) is 8.10. The van der Waals surface area contributed by atoms with Crippen LogP contribution in [-0.2, 0) is 4.79 Å². The Morgan fingerprint density at radius 1 is 1.14 bits per heavy atom. The summed E-state index contributed by atoms with van der Waals surface area (Å²) >= 11 is 0. The molecule has 1 aliphatic rings. The average molecular weight is 470 g/mol. The van der Waals surface area contributed by atoms with Crippen LogP contribution < -0.4 is 15.4 Å². The molecule has 3 aromatic carbocycles. The van der Waals surface area contributed by atoms with Gasteiger partial charge in [-0.15, -0.1) is 0 Å². The van der Waals surface area contributed by atoms with Crippen LogP contribution in [0.4, 0.5) is 17.3 Å². The molecule has 0 bridgehead atoms. The molecule has 0 saturated heterocycles. The molecule has 1 aromatic heterocycles. The van der Waals surface area contributed by atoms with Crippen molar-refractivity contribution in [3.8, 4) is 5.75 Å². The lowest BCUT2D eigenvalue weighted by Gasteiger charge is -2.30. The first-order valence-corrected chi connectivity index (χ1v) is 11.2. The Labute approximate surface area is 201 Å². The minimum Gasteiger partial charge on any atom is -0.487 e. The van der Waals surface area contributed by atoms with Gasteiger partial charge in [0.05, 0.1) is 34.2 Å². The fourth-order valence-electron chi connectivity index (χ4n) is 4.42. The molecule has 1 aliphatic heterocycles. The van der Waals surface area contributed by atoms with Crippen LogP contribution in [0.25, 0.3) is 11.0 Å². The van der Waals surface area contributed by atoms with E-state index in [0.29, 0.717) is 35.1 Å². The fourth-order valence-corrected chi connectivity index (χ4v) is 4.42. The molecular weight excluding hydrogens is 446 g/mol. The highest BCUT2D eigenvalue weighted by molar-refractivity contribution is 6.06. The van der Waals surface area contributed by atoms with E-state index in [9.17, 15) is 14.9 Å². The first kappa shape index (κ1) is 22.1. The number of aromatic nitrogens is 2. The van der Waals surface area contributed by atoms with Gasteiger partial charge in [-0.05, 0) is 49.7 Å². The Balaban J connectivity index is 1.70. The molecule has 2 N–H and O–H groups in total. The van der Waals surface area contributed by atoms with Gasteiger partial charge in [0.2, 0.25) is 5.95 Å². The molecule has 1 unspecified atom stereocenters. The molecule has 176 valence electrons. The Bertz CT molecular complexity index is 1480. The summed E-state index contributed by atoms with van der Waals surface area (Å²) in [5.74, 6) is 0.426. The van der Waals surface area contributed by atoms with Gasteiger partial charge in [-0.1, -0.05) is 36.4 Å². The number of carbonyl (C=O) groups excluding carboxylic acids is 1. The number of hydrogen-bond acceptors (Lipinski definition) is 6. The number of allylic oxidation sites excluding steroid dienone is 1. The van der Waals surface area contributed by atoms with Crippen molar-refractivity contribution in [2.45, 2.75) is 19.9 Å². The van der Waals surface area contributed by atoms with Crippen molar-refractivity contribution >= 4 is 34.3 Å². The Kier molecular flexibility index (Phi) is 5.66. The lowest BCUT2D eigenvalue weighted by Crippen LogP contribution is -2.31. The van der Waals surface area contributed by atoms with Crippen molar-refractivity contribution in [2.24, 2.45) is 0 Å². The number of benzene rings is 3. The van der Waals surface area contributed by atoms with E-state index in [2.05, 4.69) is 15.6 Å². The number of nitrogens with zero attached hydrogens (tertiary/aromatic N) is 3. The number of rotatable bonds is 6. The summed E-state index contributed by atoms with van der Waals surface area (Å²) in [6, 6.07) is 20.9. The van der Waals surface area contributed by atoms with Gasteiger partial charge in [-0.2, -0.15) is 0 Å². The van der Waals surface area contributed by atoms with Crippen molar-refractivity contribution in [2.75, 3.05) is 17.2 Å². The van der Waals surface area contributed by atoms with Gasteiger partial charge >= 0.3 is 5.69 Å². The third-order valence-corrected chi connectivity index (χ3v) is 5.90. The van der Waals surface area contributed by atoms with E-state index in [1.54, 1.807) is 38.1 Å². The van der Waals surface area contributed by atoms with Gasteiger partial charge in [0, 0.05) is 17.5 Å². The quantitative estimate of drug-likeness (QED) is 0.294. The molecule has 4 aromatic rings. The highest BCUT2D eigenvalue weighted by Crippen LogP contribution is 2.41. The second-order valence-electron chi connectivity index (χ2n) is 8.10. The molecule has 35 heavy (non-hydrogen) atoms. The van der Waals surface area contributed by atoms with Crippen LogP contribution in [0.1, 0.15) is 25.5 Å². The third kappa shape index (κ3) is 3.97. The second kappa shape index (κ2) is 8.94. The van der Waals surface area contributed by atoms with Crippen LogP contribution >= 0.6 is 0 Å². The zero-order chi connectivity index (χ0) is 24.5. The molecule has 9 nitrogen and oxygen atoms in total. The van der Waals surface area contributed by atoms with E-state index >= 15 is 0 Å². The number of para-hydroxylation sites is 3. The van der Waals surface area contributed by atoms with Crippen LogP contribution in [0.5, 0.6) is 5.75 Å². The van der Waals surface area contributed by atoms with E-state index < -0.39 is 11.0 Å². The fraction of sp³-hybridized carbons (Fsp3) is 0.154. The summed E-state index contributed by atoms with van der Waals surface area (Å²) in [4.78, 5) is 29.7. The predicted octanol–water partition coefficient (Wildman–Crippen LogP) is 5.27. The number of fused-ring (bicyclic) bond motifs is 3. The first-order chi connectivity index (χ1) is 17.0. The minimum atomic E-state index is -0.656. The molecule has 1 atom stereocenters. The van der Waals surface area contributed by atoms with Gasteiger partial charge in [0.25, 0.3) is 5.91 Å². The topological polar surface area (TPSA) is 111 Å². The highest BCUT2D eigenvalue weighted by Gasteiger charge is 2.35. The van der Waals surface area contributed by atoms with Crippen LogP contribution in [0, 0.1) is 10.1 Å². The molecule has 9 heteroatoms. The molecular formula is C26H23N5O4. The molecule has 0 aliphatic carbocycles. The van der Waals surface area contributed by atoms with Gasteiger partial charge in [0.1, 0.15) is 0 Å². The summed E-state index contributed by atoms with van der Waals surface area (Å²) in [7, 11) is 0.